The number of carbonyl (C=O) groups excluding carboxylic acids is 1. The van der Waals surface area contributed by atoms with Crippen LogP contribution in [0.2, 0.25) is 5.02 Å². The molecule has 26 heavy (non-hydrogen) atoms. The molecule has 1 aromatic carbocycles. The average molecular weight is 406 g/mol. The number of pyridine rings is 1. The maximum absolute atomic E-state index is 12.0. The molecule has 0 aliphatic carbocycles. The number of thioether (sulfide) groups is 1. The first kappa shape index (κ1) is 18.6. The minimum Gasteiger partial charge on any atom is -0.330 e. The van der Waals surface area contributed by atoms with Crippen molar-refractivity contribution in [2.45, 2.75) is 17.7 Å². The Kier molecular flexibility index (Phi) is 6.43. The zero-order chi connectivity index (χ0) is 18.4. The van der Waals surface area contributed by atoms with E-state index in [4.69, 9.17) is 11.6 Å². The maximum atomic E-state index is 12.0. The van der Waals surface area contributed by atoms with Gasteiger partial charge in [-0.3, -0.25) is 4.79 Å². The van der Waals surface area contributed by atoms with Crippen LogP contribution in [0.3, 0.4) is 0 Å². The molecule has 0 aliphatic rings. The Labute approximate surface area is 164 Å². The van der Waals surface area contributed by atoms with Gasteiger partial charge in [0.2, 0.25) is 11.0 Å². The van der Waals surface area contributed by atoms with E-state index in [1.807, 2.05) is 12.1 Å². The zero-order valence-corrected chi connectivity index (χ0v) is 16.3. The van der Waals surface area contributed by atoms with Crippen LogP contribution in [-0.4, -0.2) is 26.8 Å². The highest BCUT2D eigenvalue weighted by atomic mass is 35.5. The third kappa shape index (κ3) is 5.42. The lowest BCUT2D eigenvalue weighted by molar-refractivity contribution is -0.113. The van der Waals surface area contributed by atoms with Crippen molar-refractivity contribution < 1.29 is 4.79 Å². The Balaban J connectivity index is 1.49. The molecule has 0 saturated carbocycles. The van der Waals surface area contributed by atoms with Gasteiger partial charge in [0.1, 0.15) is 5.82 Å². The molecule has 6 nitrogen and oxygen atoms in total. The number of benzene rings is 1. The quantitative estimate of drug-likeness (QED) is 0.558. The summed E-state index contributed by atoms with van der Waals surface area (Å²) < 4.78 is 0.719. The van der Waals surface area contributed by atoms with Gasteiger partial charge in [-0.1, -0.05) is 53.8 Å². The van der Waals surface area contributed by atoms with Crippen molar-refractivity contribution >= 4 is 57.2 Å². The highest BCUT2D eigenvalue weighted by molar-refractivity contribution is 8.01. The molecule has 3 rings (SSSR count). The minimum atomic E-state index is -0.162. The maximum Gasteiger partial charge on any atom is 0.235 e. The van der Waals surface area contributed by atoms with E-state index in [2.05, 4.69) is 44.9 Å². The predicted octanol–water partition coefficient (Wildman–Crippen LogP) is 4.62. The SMILES string of the molecule is CCc1ccc(Nc2nnc(SCC(=O)Nc3ccc(Cl)cn3)s2)cc1. The summed E-state index contributed by atoms with van der Waals surface area (Å²) in [5, 5.41) is 15.3. The van der Waals surface area contributed by atoms with Crippen molar-refractivity contribution in [3.05, 3.63) is 53.2 Å². The molecule has 0 unspecified atom stereocenters. The summed E-state index contributed by atoms with van der Waals surface area (Å²) in [7, 11) is 0. The fourth-order valence-electron chi connectivity index (χ4n) is 2.02. The number of halogens is 1. The molecule has 2 heterocycles. The van der Waals surface area contributed by atoms with Gasteiger partial charge < -0.3 is 10.6 Å². The minimum absolute atomic E-state index is 0.162. The summed E-state index contributed by atoms with van der Waals surface area (Å²) >= 11 is 8.50. The van der Waals surface area contributed by atoms with E-state index in [1.165, 1.54) is 34.9 Å². The number of nitrogens with zero attached hydrogens (tertiary/aromatic N) is 3. The van der Waals surface area contributed by atoms with Gasteiger partial charge in [-0.15, -0.1) is 10.2 Å². The second-order valence-corrected chi connectivity index (χ2v) is 7.88. The van der Waals surface area contributed by atoms with Crippen molar-refractivity contribution in [2.75, 3.05) is 16.4 Å². The highest BCUT2D eigenvalue weighted by Gasteiger charge is 2.09. The van der Waals surface area contributed by atoms with E-state index in [9.17, 15) is 4.79 Å². The Morgan fingerprint density at radius 2 is 2.00 bits per heavy atom. The van der Waals surface area contributed by atoms with Crippen LogP contribution in [-0.2, 0) is 11.2 Å². The van der Waals surface area contributed by atoms with E-state index in [0.29, 0.717) is 16.0 Å². The Morgan fingerprint density at radius 3 is 2.69 bits per heavy atom. The lowest BCUT2D eigenvalue weighted by Gasteiger charge is -2.03. The number of anilines is 3. The molecule has 134 valence electrons. The Morgan fingerprint density at radius 1 is 1.19 bits per heavy atom. The first-order valence-electron chi connectivity index (χ1n) is 7.86. The van der Waals surface area contributed by atoms with E-state index in [0.717, 1.165) is 16.4 Å². The third-order valence-corrected chi connectivity index (χ3v) is 5.54. The fraction of sp³-hybridized carbons (Fsp3) is 0.176. The summed E-state index contributed by atoms with van der Waals surface area (Å²) in [6.07, 6.45) is 2.49. The van der Waals surface area contributed by atoms with E-state index >= 15 is 0 Å². The van der Waals surface area contributed by atoms with Crippen molar-refractivity contribution in [2.24, 2.45) is 0 Å². The van der Waals surface area contributed by atoms with Crippen LogP contribution in [0, 0.1) is 0 Å². The number of hydrogen-bond acceptors (Lipinski definition) is 7. The summed E-state index contributed by atoms with van der Waals surface area (Å²) in [5.41, 5.74) is 2.24. The van der Waals surface area contributed by atoms with E-state index in [-0.39, 0.29) is 11.7 Å². The third-order valence-electron chi connectivity index (χ3n) is 3.34. The van der Waals surface area contributed by atoms with Gasteiger partial charge in [-0.25, -0.2) is 4.98 Å². The van der Waals surface area contributed by atoms with Gasteiger partial charge in [-0.2, -0.15) is 0 Å². The van der Waals surface area contributed by atoms with Gasteiger partial charge in [0.15, 0.2) is 4.34 Å². The average Bonchev–Trinajstić information content (AvgIpc) is 3.10. The normalized spacial score (nSPS) is 10.5. The summed E-state index contributed by atoms with van der Waals surface area (Å²) in [6, 6.07) is 11.5. The van der Waals surface area contributed by atoms with E-state index < -0.39 is 0 Å². The number of carbonyl (C=O) groups is 1. The highest BCUT2D eigenvalue weighted by Crippen LogP contribution is 2.27. The van der Waals surface area contributed by atoms with Gasteiger partial charge >= 0.3 is 0 Å². The number of hydrogen-bond donors (Lipinski definition) is 2. The predicted molar refractivity (Wildman–Crippen MR) is 108 cm³/mol. The molecule has 3 aromatic rings. The lowest BCUT2D eigenvalue weighted by Crippen LogP contribution is -2.14. The van der Waals surface area contributed by atoms with Crippen molar-refractivity contribution in [1.82, 2.24) is 15.2 Å². The van der Waals surface area contributed by atoms with Crippen LogP contribution < -0.4 is 10.6 Å². The second kappa shape index (κ2) is 8.98. The molecule has 2 N–H and O–H groups in total. The molecule has 1 amide bonds. The van der Waals surface area contributed by atoms with Gasteiger partial charge in [0.25, 0.3) is 0 Å². The van der Waals surface area contributed by atoms with E-state index in [1.54, 1.807) is 12.1 Å². The van der Waals surface area contributed by atoms with Crippen LogP contribution in [0.5, 0.6) is 0 Å². The molecular formula is C17H16ClN5OS2. The van der Waals surface area contributed by atoms with Crippen LogP contribution in [0.4, 0.5) is 16.6 Å². The van der Waals surface area contributed by atoms with Gasteiger partial charge in [0.05, 0.1) is 10.8 Å². The van der Waals surface area contributed by atoms with Crippen molar-refractivity contribution in [3.8, 4) is 0 Å². The van der Waals surface area contributed by atoms with Crippen LogP contribution in [0.1, 0.15) is 12.5 Å². The number of amides is 1. The van der Waals surface area contributed by atoms with Gasteiger partial charge in [-0.05, 0) is 36.2 Å². The Hall–Kier alpha value is -2.16. The number of aryl methyl sites for hydroxylation is 1. The number of rotatable bonds is 7. The molecular weight excluding hydrogens is 390 g/mol. The molecule has 0 radical (unpaired) electrons. The monoisotopic (exact) mass is 405 g/mol. The topological polar surface area (TPSA) is 79.8 Å². The molecule has 0 fully saturated rings. The first-order valence-corrected chi connectivity index (χ1v) is 10.0. The smallest absolute Gasteiger partial charge is 0.235 e. The summed E-state index contributed by atoms with van der Waals surface area (Å²) in [5.74, 6) is 0.532. The van der Waals surface area contributed by atoms with Crippen LogP contribution in [0.15, 0.2) is 46.9 Å². The van der Waals surface area contributed by atoms with Crippen molar-refractivity contribution in [3.63, 3.8) is 0 Å². The van der Waals surface area contributed by atoms with Crippen LogP contribution >= 0.6 is 34.7 Å². The van der Waals surface area contributed by atoms with Crippen LogP contribution in [0.25, 0.3) is 0 Å². The molecule has 9 heteroatoms. The fourth-order valence-corrected chi connectivity index (χ4v) is 3.71. The van der Waals surface area contributed by atoms with Crippen molar-refractivity contribution in [1.29, 1.82) is 0 Å². The summed E-state index contributed by atoms with van der Waals surface area (Å²) in [6.45, 7) is 2.12. The number of nitrogens with one attached hydrogen (secondary N) is 2. The molecule has 0 spiro atoms. The summed E-state index contributed by atoms with van der Waals surface area (Å²) in [4.78, 5) is 16.0. The molecule has 0 aliphatic heterocycles. The molecule has 0 atom stereocenters. The largest absolute Gasteiger partial charge is 0.330 e. The Bertz CT molecular complexity index is 868. The molecule has 0 saturated heterocycles. The number of aromatic nitrogens is 3. The standard InChI is InChI=1S/C17H16ClN5OS2/c1-2-11-3-6-13(7-4-11)20-16-22-23-17(26-16)25-10-15(24)21-14-8-5-12(18)9-19-14/h3-9H,2,10H2,1H3,(H,20,22)(H,19,21,24). The first-order chi connectivity index (χ1) is 12.6. The lowest BCUT2D eigenvalue weighted by atomic mass is 10.1. The molecule has 2 aromatic heterocycles. The second-order valence-electron chi connectivity index (χ2n) is 5.25. The molecule has 0 bridgehead atoms. The zero-order valence-electron chi connectivity index (χ0n) is 13.9. The van der Waals surface area contributed by atoms with Gasteiger partial charge in [0, 0.05) is 11.9 Å².